The second-order valence-electron chi connectivity index (χ2n) is 4.77. The summed E-state index contributed by atoms with van der Waals surface area (Å²) < 4.78 is 0.838. The van der Waals surface area contributed by atoms with E-state index >= 15 is 0 Å². The van der Waals surface area contributed by atoms with Gasteiger partial charge >= 0.3 is 0 Å². The quantitative estimate of drug-likeness (QED) is 0.359. The van der Waals surface area contributed by atoms with Crippen molar-refractivity contribution in [3.8, 4) is 0 Å². The summed E-state index contributed by atoms with van der Waals surface area (Å²) in [6.45, 7) is 2.25. The molecule has 0 aliphatic rings. The maximum Gasteiger partial charge on any atom is 0.0931 e. The van der Waals surface area contributed by atoms with E-state index in [1.54, 1.807) is 11.3 Å². The monoisotopic (exact) mass is 288 g/mol. The zero-order valence-electron chi connectivity index (χ0n) is 11.3. The van der Waals surface area contributed by atoms with Crippen LogP contribution in [0.2, 0.25) is 4.34 Å². The molecule has 104 valence electrons. The highest BCUT2D eigenvalue weighted by Gasteiger charge is 2.11. The highest BCUT2D eigenvalue weighted by atomic mass is 35.5. The van der Waals surface area contributed by atoms with E-state index in [4.69, 9.17) is 17.4 Å². The maximum atomic E-state index is 5.94. The Morgan fingerprint density at radius 2 is 1.83 bits per heavy atom. The first-order valence-corrected chi connectivity index (χ1v) is 8.18. The predicted octanol–water partition coefficient (Wildman–Crippen LogP) is 5.05. The Morgan fingerprint density at radius 1 is 1.17 bits per heavy atom. The number of hydrogen-bond donors (Lipinski definition) is 2. The van der Waals surface area contributed by atoms with Gasteiger partial charge in [0.25, 0.3) is 0 Å². The third-order valence-corrected chi connectivity index (χ3v) is 4.58. The van der Waals surface area contributed by atoms with Gasteiger partial charge in [0.2, 0.25) is 0 Å². The Labute approximate surface area is 120 Å². The van der Waals surface area contributed by atoms with Gasteiger partial charge in [-0.15, -0.1) is 11.3 Å². The van der Waals surface area contributed by atoms with Gasteiger partial charge in [0.1, 0.15) is 0 Å². The Bertz CT molecular complexity index is 314. The van der Waals surface area contributed by atoms with Crippen molar-refractivity contribution in [1.82, 2.24) is 5.43 Å². The molecule has 4 heteroatoms. The first kappa shape index (κ1) is 16.0. The normalized spacial score (nSPS) is 12.8. The summed E-state index contributed by atoms with van der Waals surface area (Å²) in [5.74, 6) is 5.61. The second kappa shape index (κ2) is 9.79. The van der Waals surface area contributed by atoms with E-state index in [1.165, 1.54) is 49.8 Å². The van der Waals surface area contributed by atoms with Crippen molar-refractivity contribution in [2.75, 3.05) is 0 Å². The molecule has 18 heavy (non-hydrogen) atoms. The zero-order chi connectivity index (χ0) is 13.2. The fourth-order valence-electron chi connectivity index (χ4n) is 2.13. The fourth-order valence-corrected chi connectivity index (χ4v) is 3.28. The van der Waals surface area contributed by atoms with Gasteiger partial charge in [0, 0.05) is 4.88 Å². The van der Waals surface area contributed by atoms with Crippen LogP contribution in [0.25, 0.3) is 0 Å². The molecule has 0 saturated heterocycles. The SMILES string of the molecule is CCCCCCCCCC(NN)c1ccc(Cl)s1. The Morgan fingerprint density at radius 3 is 2.39 bits per heavy atom. The van der Waals surface area contributed by atoms with Crippen molar-refractivity contribution >= 4 is 22.9 Å². The third kappa shape index (κ3) is 6.19. The van der Waals surface area contributed by atoms with E-state index in [0.29, 0.717) is 0 Å². The van der Waals surface area contributed by atoms with Crippen LogP contribution in [0.1, 0.15) is 69.2 Å². The van der Waals surface area contributed by atoms with Crippen LogP contribution in [0.15, 0.2) is 12.1 Å². The minimum atomic E-state index is 0.262. The number of halogens is 1. The van der Waals surface area contributed by atoms with Crippen LogP contribution in [0.4, 0.5) is 0 Å². The number of thiophene rings is 1. The lowest BCUT2D eigenvalue weighted by Gasteiger charge is -2.13. The molecule has 0 amide bonds. The lowest BCUT2D eigenvalue weighted by Crippen LogP contribution is -2.27. The van der Waals surface area contributed by atoms with E-state index in [9.17, 15) is 0 Å². The number of nitrogens with two attached hydrogens (primary N) is 1. The number of rotatable bonds is 10. The predicted molar refractivity (Wildman–Crippen MR) is 82.0 cm³/mol. The smallest absolute Gasteiger partial charge is 0.0931 e. The minimum Gasteiger partial charge on any atom is -0.271 e. The lowest BCUT2D eigenvalue weighted by molar-refractivity contribution is 0.481. The van der Waals surface area contributed by atoms with Gasteiger partial charge in [-0.25, -0.2) is 0 Å². The zero-order valence-corrected chi connectivity index (χ0v) is 12.8. The molecule has 1 aromatic rings. The summed E-state index contributed by atoms with van der Waals surface area (Å²) in [6, 6.07) is 4.27. The molecule has 0 aliphatic carbocycles. The van der Waals surface area contributed by atoms with Gasteiger partial charge in [-0.2, -0.15) is 0 Å². The third-order valence-electron chi connectivity index (χ3n) is 3.23. The molecule has 1 atom stereocenters. The fraction of sp³-hybridized carbons (Fsp3) is 0.714. The van der Waals surface area contributed by atoms with E-state index in [1.807, 2.05) is 6.07 Å². The molecule has 2 nitrogen and oxygen atoms in total. The molecular formula is C14H25ClN2S. The van der Waals surface area contributed by atoms with Gasteiger partial charge in [0.05, 0.1) is 10.4 Å². The Balaban J connectivity index is 2.13. The van der Waals surface area contributed by atoms with Crippen molar-refractivity contribution in [2.24, 2.45) is 5.84 Å². The topological polar surface area (TPSA) is 38.0 Å². The van der Waals surface area contributed by atoms with Crippen LogP contribution in [0.5, 0.6) is 0 Å². The van der Waals surface area contributed by atoms with E-state index < -0.39 is 0 Å². The molecule has 0 bridgehead atoms. The van der Waals surface area contributed by atoms with E-state index in [2.05, 4.69) is 18.4 Å². The molecular weight excluding hydrogens is 264 g/mol. The first-order valence-electron chi connectivity index (χ1n) is 6.99. The molecule has 1 aromatic heterocycles. The molecule has 0 saturated carbocycles. The van der Waals surface area contributed by atoms with Crippen LogP contribution in [0, 0.1) is 0 Å². The summed E-state index contributed by atoms with van der Waals surface area (Å²) in [5.41, 5.74) is 2.89. The van der Waals surface area contributed by atoms with E-state index in [0.717, 1.165) is 10.8 Å². The first-order chi connectivity index (χ1) is 8.77. The number of unbranched alkanes of at least 4 members (excludes halogenated alkanes) is 6. The van der Waals surface area contributed by atoms with Crippen molar-refractivity contribution < 1.29 is 0 Å². The van der Waals surface area contributed by atoms with Gasteiger partial charge in [0.15, 0.2) is 0 Å². The molecule has 1 heterocycles. The van der Waals surface area contributed by atoms with Crippen LogP contribution >= 0.6 is 22.9 Å². The highest BCUT2D eigenvalue weighted by Crippen LogP contribution is 2.29. The molecule has 0 aromatic carbocycles. The second-order valence-corrected chi connectivity index (χ2v) is 6.52. The average molecular weight is 289 g/mol. The maximum absolute atomic E-state index is 5.94. The standard InChI is InChI=1S/C14H25ClN2S/c1-2-3-4-5-6-7-8-9-12(17-16)13-10-11-14(15)18-13/h10-12,17H,2-9,16H2,1H3. The lowest BCUT2D eigenvalue weighted by atomic mass is 10.0. The van der Waals surface area contributed by atoms with Gasteiger partial charge in [-0.1, -0.05) is 63.5 Å². The number of hydrogen-bond acceptors (Lipinski definition) is 3. The average Bonchev–Trinajstić information content (AvgIpc) is 2.79. The molecule has 1 unspecified atom stereocenters. The summed E-state index contributed by atoms with van der Waals surface area (Å²) in [4.78, 5) is 1.24. The highest BCUT2D eigenvalue weighted by molar-refractivity contribution is 7.16. The summed E-state index contributed by atoms with van der Waals surface area (Å²) in [7, 11) is 0. The van der Waals surface area contributed by atoms with Crippen molar-refractivity contribution in [1.29, 1.82) is 0 Å². The van der Waals surface area contributed by atoms with Crippen molar-refractivity contribution in [2.45, 2.75) is 64.3 Å². The molecule has 0 spiro atoms. The van der Waals surface area contributed by atoms with Crippen LogP contribution < -0.4 is 11.3 Å². The minimum absolute atomic E-state index is 0.262. The van der Waals surface area contributed by atoms with Crippen LogP contribution in [-0.2, 0) is 0 Å². The molecule has 0 aliphatic heterocycles. The summed E-state index contributed by atoms with van der Waals surface area (Å²) in [5, 5.41) is 0. The van der Waals surface area contributed by atoms with Gasteiger partial charge in [-0.3, -0.25) is 11.3 Å². The molecule has 0 radical (unpaired) electrons. The van der Waals surface area contributed by atoms with Crippen molar-refractivity contribution in [3.63, 3.8) is 0 Å². The summed E-state index contributed by atoms with van der Waals surface area (Å²) in [6.07, 6.45) is 10.4. The number of nitrogens with one attached hydrogen (secondary N) is 1. The summed E-state index contributed by atoms with van der Waals surface area (Å²) >= 11 is 7.56. The van der Waals surface area contributed by atoms with Crippen LogP contribution in [-0.4, -0.2) is 0 Å². The Kier molecular flexibility index (Phi) is 8.68. The van der Waals surface area contributed by atoms with Crippen molar-refractivity contribution in [3.05, 3.63) is 21.3 Å². The van der Waals surface area contributed by atoms with Crippen LogP contribution in [0.3, 0.4) is 0 Å². The molecule has 1 rings (SSSR count). The Hall–Kier alpha value is -0.0900. The van der Waals surface area contributed by atoms with Gasteiger partial charge < -0.3 is 0 Å². The number of hydrazine groups is 1. The largest absolute Gasteiger partial charge is 0.271 e. The molecule has 0 fully saturated rings. The van der Waals surface area contributed by atoms with Gasteiger partial charge in [-0.05, 0) is 18.6 Å². The molecule has 3 N–H and O–H groups in total. The van der Waals surface area contributed by atoms with E-state index in [-0.39, 0.29) is 6.04 Å².